The minimum Gasteiger partial charge on any atom is -0.497 e. The second-order valence-corrected chi connectivity index (χ2v) is 12.1. The molecule has 0 heterocycles. The predicted octanol–water partition coefficient (Wildman–Crippen LogP) is 5.27. The molecule has 226 valence electrons. The number of para-hydroxylation sites is 2. The van der Waals surface area contributed by atoms with Crippen molar-refractivity contribution in [2.45, 2.75) is 57.6 Å². The van der Waals surface area contributed by atoms with Crippen LogP contribution < -0.4 is 19.1 Å². The molecular formula is C31H38ClN3O6S. The number of nitrogens with zero attached hydrogens (tertiary/aromatic N) is 2. The molecule has 0 aromatic heterocycles. The molecule has 0 fully saturated rings. The normalized spacial score (nSPS) is 12.0. The van der Waals surface area contributed by atoms with Crippen LogP contribution in [-0.2, 0) is 26.2 Å². The van der Waals surface area contributed by atoms with Crippen molar-refractivity contribution < 1.29 is 27.5 Å². The van der Waals surface area contributed by atoms with Crippen LogP contribution in [0.5, 0.6) is 11.5 Å². The van der Waals surface area contributed by atoms with Crippen LogP contribution in [0.3, 0.4) is 0 Å². The Morgan fingerprint density at radius 3 is 2.17 bits per heavy atom. The molecule has 3 rings (SSSR count). The Bertz CT molecular complexity index is 1450. The summed E-state index contributed by atoms with van der Waals surface area (Å²) in [5.41, 5.74) is 0.952. The number of rotatable bonds is 14. The largest absolute Gasteiger partial charge is 0.497 e. The van der Waals surface area contributed by atoms with Gasteiger partial charge in [-0.1, -0.05) is 42.8 Å². The van der Waals surface area contributed by atoms with Gasteiger partial charge in [0.2, 0.25) is 11.8 Å². The second kappa shape index (κ2) is 14.9. The van der Waals surface area contributed by atoms with Crippen LogP contribution in [0.2, 0.25) is 5.02 Å². The van der Waals surface area contributed by atoms with Gasteiger partial charge >= 0.3 is 0 Å². The number of hydrogen-bond acceptors (Lipinski definition) is 6. The third-order valence-electron chi connectivity index (χ3n) is 6.44. The molecule has 3 aromatic rings. The van der Waals surface area contributed by atoms with Crippen molar-refractivity contribution in [2.24, 2.45) is 0 Å². The highest BCUT2D eigenvalue weighted by molar-refractivity contribution is 7.92. The summed E-state index contributed by atoms with van der Waals surface area (Å²) in [6.07, 6.45) is 0.319. The Morgan fingerprint density at radius 1 is 0.952 bits per heavy atom. The van der Waals surface area contributed by atoms with Gasteiger partial charge in [-0.25, -0.2) is 8.42 Å². The minimum absolute atomic E-state index is 0.0442. The fourth-order valence-corrected chi connectivity index (χ4v) is 5.97. The molecule has 1 atom stereocenters. The number of sulfonamides is 1. The van der Waals surface area contributed by atoms with Gasteiger partial charge < -0.3 is 19.7 Å². The SMILES string of the molecule is CCOc1ccccc1N(CC(=O)N(Cc1ccc(OC)cc1)C(CC)C(=O)NC(C)C)S(=O)(=O)c1ccc(Cl)cc1. The smallest absolute Gasteiger partial charge is 0.264 e. The van der Waals surface area contributed by atoms with E-state index in [-0.39, 0.29) is 35.7 Å². The lowest BCUT2D eigenvalue weighted by Crippen LogP contribution is -2.53. The number of amides is 2. The third-order valence-corrected chi connectivity index (χ3v) is 8.47. The van der Waals surface area contributed by atoms with Gasteiger partial charge in [0.05, 0.1) is 24.3 Å². The molecule has 1 unspecified atom stereocenters. The van der Waals surface area contributed by atoms with E-state index in [0.29, 0.717) is 22.9 Å². The molecule has 2 amide bonds. The lowest BCUT2D eigenvalue weighted by molar-refractivity contribution is -0.140. The molecule has 9 nitrogen and oxygen atoms in total. The fourth-order valence-electron chi connectivity index (χ4n) is 4.42. The summed E-state index contributed by atoms with van der Waals surface area (Å²) in [5, 5.41) is 3.26. The van der Waals surface area contributed by atoms with Gasteiger partial charge in [-0.15, -0.1) is 0 Å². The number of methoxy groups -OCH3 is 1. The van der Waals surface area contributed by atoms with E-state index in [1.807, 2.05) is 20.8 Å². The zero-order valence-corrected chi connectivity index (χ0v) is 26.1. The van der Waals surface area contributed by atoms with Gasteiger partial charge in [0.15, 0.2) is 0 Å². The highest BCUT2D eigenvalue weighted by Crippen LogP contribution is 2.33. The Kier molecular flexibility index (Phi) is 11.6. The summed E-state index contributed by atoms with van der Waals surface area (Å²) >= 11 is 6.03. The average Bonchev–Trinajstić information content (AvgIpc) is 2.96. The van der Waals surface area contributed by atoms with E-state index in [0.717, 1.165) is 9.87 Å². The summed E-state index contributed by atoms with van der Waals surface area (Å²) in [6.45, 7) is 7.07. The first-order valence-electron chi connectivity index (χ1n) is 13.7. The lowest BCUT2D eigenvalue weighted by atomic mass is 10.1. The molecule has 42 heavy (non-hydrogen) atoms. The molecular weight excluding hydrogens is 578 g/mol. The van der Waals surface area contributed by atoms with Gasteiger partial charge in [-0.05, 0) is 81.3 Å². The highest BCUT2D eigenvalue weighted by Gasteiger charge is 2.35. The van der Waals surface area contributed by atoms with Crippen LogP contribution in [0.1, 0.15) is 39.7 Å². The quantitative estimate of drug-likeness (QED) is 0.265. The van der Waals surface area contributed by atoms with Crippen molar-refractivity contribution in [2.75, 3.05) is 24.6 Å². The van der Waals surface area contributed by atoms with Crippen LogP contribution in [-0.4, -0.2) is 57.5 Å². The van der Waals surface area contributed by atoms with Crippen LogP contribution in [0.25, 0.3) is 0 Å². The first-order valence-corrected chi connectivity index (χ1v) is 15.6. The molecule has 0 radical (unpaired) electrons. The zero-order chi connectivity index (χ0) is 30.9. The lowest BCUT2D eigenvalue weighted by Gasteiger charge is -2.34. The summed E-state index contributed by atoms with van der Waals surface area (Å²) in [6, 6.07) is 18.5. The number of hydrogen-bond donors (Lipinski definition) is 1. The Balaban J connectivity index is 2.11. The number of ether oxygens (including phenoxy) is 2. The average molecular weight is 616 g/mol. The number of benzene rings is 3. The zero-order valence-electron chi connectivity index (χ0n) is 24.5. The number of carbonyl (C=O) groups excluding carboxylic acids is 2. The fraction of sp³-hybridized carbons (Fsp3) is 0.355. The van der Waals surface area contributed by atoms with E-state index in [4.69, 9.17) is 21.1 Å². The van der Waals surface area contributed by atoms with Crippen molar-refractivity contribution in [1.82, 2.24) is 10.2 Å². The van der Waals surface area contributed by atoms with Gasteiger partial charge in [0.1, 0.15) is 24.1 Å². The van der Waals surface area contributed by atoms with E-state index < -0.39 is 28.5 Å². The van der Waals surface area contributed by atoms with Crippen molar-refractivity contribution in [3.63, 3.8) is 0 Å². The van der Waals surface area contributed by atoms with Crippen molar-refractivity contribution in [3.05, 3.63) is 83.4 Å². The van der Waals surface area contributed by atoms with Gasteiger partial charge in [0.25, 0.3) is 10.0 Å². The molecule has 0 saturated heterocycles. The first-order chi connectivity index (χ1) is 20.0. The molecule has 0 aliphatic heterocycles. The van der Waals surface area contributed by atoms with E-state index in [9.17, 15) is 18.0 Å². The summed E-state index contributed by atoms with van der Waals surface area (Å²) < 4.78 is 40.2. The maximum atomic E-state index is 14.2. The molecule has 0 aliphatic rings. The monoisotopic (exact) mass is 615 g/mol. The Hall–Kier alpha value is -3.76. The molecule has 3 aromatic carbocycles. The summed E-state index contributed by atoms with van der Waals surface area (Å²) in [7, 11) is -2.70. The van der Waals surface area contributed by atoms with Crippen LogP contribution in [0, 0.1) is 0 Å². The molecule has 0 saturated carbocycles. The minimum atomic E-state index is -4.26. The summed E-state index contributed by atoms with van der Waals surface area (Å²) in [4.78, 5) is 28.9. The summed E-state index contributed by atoms with van der Waals surface area (Å²) in [5.74, 6) is 0.0715. The molecule has 11 heteroatoms. The van der Waals surface area contributed by atoms with E-state index in [1.54, 1.807) is 62.6 Å². The van der Waals surface area contributed by atoms with E-state index in [1.165, 1.54) is 29.2 Å². The predicted molar refractivity (Wildman–Crippen MR) is 164 cm³/mol. The Labute approximate surface area is 253 Å². The van der Waals surface area contributed by atoms with Crippen molar-refractivity contribution >= 4 is 39.1 Å². The molecule has 0 bridgehead atoms. The number of halogens is 1. The maximum Gasteiger partial charge on any atom is 0.264 e. The van der Waals surface area contributed by atoms with E-state index >= 15 is 0 Å². The van der Waals surface area contributed by atoms with Crippen LogP contribution in [0.15, 0.2) is 77.7 Å². The standard InChI is InChI=1S/C31H38ClN3O6S/c1-6-27(31(37)33-22(3)4)34(20-23-12-16-25(40-5)17-13-23)30(36)21-35(28-10-8-9-11-29(28)41-7-2)42(38,39)26-18-14-24(32)15-19-26/h8-19,22,27H,6-7,20-21H2,1-5H3,(H,33,37). The Morgan fingerprint density at radius 2 is 1.60 bits per heavy atom. The highest BCUT2D eigenvalue weighted by atomic mass is 35.5. The number of anilines is 1. The number of carbonyl (C=O) groups is 2. The van der Waals surface area contributed by atoms with Crippen molar-refractivity contribution in [1.29, 1.82) is 0 Å². The first kappa shape index (κ1) is 32.8. The van der Waals surface area contributed by atoms with Crippen LogP contribution >= 0.6 is 11.6 Å². The number of nitrogens with one attached hydrogen (secondary N) is 1. The molecule has 1 N–H and O–H groups in total. The van der Waals surface area contributed by atoms with Gasteiger partial charge in [0, 0.05) is 17.6 Å². The topological polar surface area (TPSA) is 105 Å². The molecule has 0 aliphatic carbocycles. The van der Waals surface area contributed by atoms with Crippen LogP contribution in [0.4, 0.5) is 5.69 Å². The third kappa shape index (κ3) is 8.17. The molecule has 0 spiro atoms. The maximum absolute atomic E-state index is 14.2. The van der Waals surface area contributed by atoms with Gasteiger partial charge in [-0.2, -0.15) is 0 Å². The van der Waals surface area contributed by atoms with Crippen molar-refractivity contribution in [3.8, 4) is 11.5 Å². The second-order valence-electron chi connectivity index (χ2n) is 9.82. The van der Waals surface area contributed by atoms with E-state index in [2.05, 4.69) is 5.32 Å². The van der Waals surface area contributed by atoms with Gasteiger partial charge in [-0.3, -0.25) is 13.9 Å².